The summed E-state index contributed by atoms with van der Waals surface area (Å²) in [6.07, 6.45) is 0.972. The van der Waals surface area contributed by atoms with Crippen molar-refractivity contribution in [2.75, 3.05) is 0 Å². The molecule has 0 fully saturated rings. The summed E-state index contributed by atoms with van der Waals surface area (Å²) in [5.41, 5.74) is 3.20. The quantitative estimate of drug-likeness (QED) is 0.592. The van der Waals surface area contributed by atoms with E-state index in [2.05, 4.69) is 13.8 Å². The third kappa shape index (κ3) is 7.92. The van der Waals surface area contributed by atoms with Crippen LogP contribution < -0.4 is 0 Å². The van der Waals surface area contributed by atoms with Gasteiger partial charge >= 0.3 is 0 Å². The van der Waals surface area contributed by atoms with E-state index in [1.807, 2.05) is 45.0 Å². The first-order chi connectivity index (χ1) is 10.6. The summed E-state index contributed by atoms with van der Waals surface area (Å²) in [5.74, 6) is 0.371. The molecule has 0 aliphatic heterocycles. The molecular formula is C20H28F2. The Kier molecular flexibility index (Phi) is 11.0. The minimum atomic E-state index is -0.363. The van der Waals surface area contributed by atoms with Gasteiger partial charge in [-0.15, -0.1) is 0 Å². The van der Waals surface area contributed by atoms with E-state index in [0.29, 0.717) is 5.92 Å². The van der Waals surface area contributed by atoms with Crippen LogP contribution in [0.2, 0.25) is 0 Å². The Morgan fingerprint density at radius 2 is 1.27 bits per heavy atom. The van der Waals surface area contributed by atoms with Gasteiger partial charge in [0.2, 0.25) is 0 Å². The Hall–Kier alpha value is -1.70. The number of alkyl halides is 1. The van der Waals surface area contributed by atoms with Crippen molar-refractivity contribution in [2.45, 2.75) is 53.6 Å². The van der Waals surface area contributed by atoms with E-state index < -0.39 is 0 Å². The molecule has 0 N–H and O–H groups in total. The van der Waals surface area contributed by atoms with Gasteiger partial charge in [0.1, 0.15) is 12.5 Å². The van der Waals surface area contributed by atoms with Crippen molar-refractivity contribution in [2.24, 2.45) is 0 Å². The molecule has 0 saturated heterocycles. The number of halogens is 2. The summed E-state index contributed by atoms with van der Waals surface area (Å²) in [6.45, 7) is 9.94. The first-order valence-electron chi connectivity index (χ1n) is 7.96. The highest BCUT2D eigenvalue weighted by atomic mass is 19.1. The van der Waals surface area contributed by atoms with Crippen LogP contribution in [0.4, 0.5) is 8.78 Å². The van der Waals surface area contributed by atoms with E-state index in [9.17, 15) is 8.78 Å². The largest absolute Gasteiger partial charge is 0.246 e. The summed E-state index contributed by atoms with van der Waals surface area (Å²) < 4.78 is 24.3. The normalized spacial score (nSPS) is 9.45. The summed E-state index contributed by atoms with van der Waals surface area (Å²) in [7, 11) is 0. The maximum atomic E-state index is 12.2. The van der Waals surface area contributed by atoms with Crippen LogP contribution in [0.3, 0.4) is 0 Å². The topological polar surface area (TPSA) is 0 Å². The molecule has 122 valence electrons. The zero-order valence-electron chi connectivity index (χ0n) is 14.4. The summed E-state index contributed by atoms with van der Waals surface area (Å²) in [4.78, 5) is 0. The second-order valence-corrected chi connectivity index (χ2v) is 5.01. The molecular weight excluding hydrogens is 278 g/mol. The van der Waals surface area contributed by atoms with Crippen molar-refractivity contribution >= 4 is 0 Å². The molecule has 0 spiro atoms. The van der Waals surface area contributed by atoms with E-state index in [4.69, 9.17) is 0 Å². The molecule has 0 aromatic heterocycles. The fourth-order valence-electron chi connectivity index (χ4n) is 1.71. The highest BCUT2D eigenvalue weighted by molar-refractivity contribution is 5.24. The molecule has 2 heteroatoms. The monoisotopic (exact) mass is 306 g/mol. The van der Waals surface area contributed by atoms with Crippen LogP contribution >= 0.6 is 0 Å². The van der Waals surface area contributed by atoms with E-state index in [0.717, 1.165) is 12.0 Å². The molecule has 2 aromatic rings. The molecule has 0 radical (unpaired) electrons. The lowest BCUT2D eigenvalue weighted by molar-refractivity contribution is 0.485. The molecule has 0 nitrogen and oxygen atoms in total. The van der Waals surface area contributed by atoms with E-state index in [1.54, 1.807) is 12.1 Å². The van der Waals surface area contributed by atoms with E-state index >= 15 is 0 Å². The maximum Gasteiger partial charge on any atom is 0.123 e. The number of aryl methyl sites for hydroxylation is 1. The van der Waals surface area contributed by atoms with Gasteiger partial charge in [-0.2, -0.15) is 0 Å². The lowest BCUT2D eigenvalue weighted by Crippen LogP contribution is -1.86. The molecule has 22 heavy (non-hydrogen) atoms. The number of benzene rings is 2. The van der Waals surface area contributed by atoms with E-state index in [-0.39, 0.29) is 12.5 Å². The fraction of sp³-hybridized carbons (Fsp3) is 0.400. The highest BCUT2D eigenvalue weighted by Gasteiger charge is 1.97. The summed E-state index contributed by atoms with van der Waals surface area (Å²) in [5, 5.41) is 0. The average molecular weight is 306 g/mol. The van der Waals surface area contributed by atoms with Crippen molar-refractivity contribution in [3.05, 3.63) is 71.0 Å². The third-order valence-corrected chi connectivity index (χ3v) is 3.12. The molecule has 0 saturated carbocycles. The third-order valence-electron chi connectivity index (χ3n) is 3.12. The smallest absolute Gasteiger partial charge is 0.123 e. The molecule has 2 rings (SSSR count). The fourth-order valence-corrected chi connectivity index (χ4v) is 1.71. The molecule has 0 amide bonds. The summed E-state index contributed by atoms with van der Waals surface area (Å²) >= 11 is 0. The van der Waals surface area contributed by atoms with Crippen LogP contribution in [0, 0.1) is 5.82 Å². The molecule has 0 heterocycles. The van der Waals surface area contributed by atoms with Crippen molar-refractivity contribution < 1.29 is 8.78 Å². The molecule has 0 aliphatic carbocycles. The van der Waals surface area contributed by atoms with Crippen LogP contribution in [-0.2, 0) is 13.1 Å². The standard InChI is InChI=1S/C10H13F.C8H9F.C2H6/c1-8(2)10-5-3-9(7-11)4-6-10;1-2-7-3-5-8(9)6-4-7;1-2/h3-6,8H,7H2,1-2H3;3-6H,2H2,1H3;1-2H3. The van der Waals surface area contributed by atoms with Gasteiger partial charge in [-0.1, -0.05) is 71.0 Å². The van der Waals surface area contributed by atoms with Gasteiger partial charge in [0.15, 0.2) is 0 Å². The van der Waals surface area contributed by atoms with Crippen molar-refractivity contribution in [1.82, 2.24) is 0 Å². The van der Waals surface area contributed by atoms with Crippen LogP contribution in [0.15, 0.2) is 48.5 Å². The highest BCUT2D eigenvalue weighted by Crippen LogP contribution is 2.14. The first-order valence-corrected chi connectivity index (χ1v) is 7.96. The van der Waals surface area contributed by atoms with Gasteiger partial charge < -0.3 is 0 Å². The average Bonchev–Trinajstić information content (AvgIpc) is 2.58. The Morgan fingerprint density at radius 3 is 1.64 bits per heavy atom. The van der Waals surface area contributed by atoms with Gasteiger partial charge in [0.05, 0.1) is 0 Å². The first kappa shape index (κ1) is 20.3. The van der Waals surface area contributed by atoms with Gasteiger partial charge in [-0.05, 0) is 41.2 Å². The molecule has 0 atom stereocenters. The van der Waals surface area contributed by atoms with Crippen molar-refractivity contribution in [3.63, 3.8) is 0 Å². The van der Waals surface area contributed by atoms with Crippen LogP contribution in [-0.4, -0.2) is 0 Å². The molecule has 0 unspecified atom stereocenters. The summed E-state index contributed by atoms with van der Waals surface area (Å²) in [6, 6.07) is 14.2. The molecule has 0 bridgehead atoms. The Balaban J connectivity index is 0.000000366. The Morgan fingerprint density at radius 1 is 0.818 bits per heavy atom. The second-order valence-electron chi connectivity index (χ2n) is 5.01. The van der Waals surface area contributed by atoms with Crippen LogP contribution in [0.5, 0.6) is 0 Å². The number of hydrogen-bond donors (Lipinski definition) is 0. The van der Waals surface area contributed by atoms with Crippen molar-refractivity contribution in [3.8, 4) is 0 Å². The second kappa shape index (κ2) is 11.9. The molecule has 2 aromatic carbocycles. The lowest BCUT2D eigenvalue weighted by Gasteiger charge is -2.04. The SMILES string of the molecule is CC.CC(C)c1ccc(CF)cc1.CCc1ccc(F)cc1. The number of hydrogen-bond acceptors (Lipinski definition) is 0. The van der Waals surface area contributed by atoms with Gasteiger partial charge in [0, 0.05) is 0 Å². The Bertz CT molecular complexity index is 484. The Labute approximate surface area is 134 Å². The van der Waals surface area contributed by atoms with Crippen LogP contribution in [0.1, 0.15) is 57.2 Å². The zero-order valence-corrected chi connectivity index (χ0v) is 14.4. The van der Waals surface area contributed by atoms with Gasteiger partial charge in [-0.3, -0.25) is 0 Å². The predicted molar refractivity (Wildman–Crippen MR) is 92.5 cm³/mol. The predicted octanol–water partition coefficient (Wildman–Crippen LogP) is 6.69. The minimum absolute atomic E-state index is 0.160. The van der Waals surface area contributed by atoms with Gasteiger partial charge in [0.25, 0.3) is 0 Å². The number of rotatable bonds is 3. The molecule has 0 aliphatic rings. The minimum Gasteiger partial charge on any atom is -0.246 e. The van der Waals surface area contributed by atoms with Crippen molar-refractivity contribution in [1.29, 1.82) is 0 Å². The van der Waals surface area contributed by atoms with E-state index in [1.165, 1.54) is 23.3 Å². The maximum absolute atomic E-state index is 12.2. The lowest BCUT2D eigenvalue weighted by atomic mass is 10.0. The van der Waals surface area contributed by atoms with Gasteiger partial charge in [-0.25, -0.2) is 8.78 Å². The van der Waals surface area contributed by atoms with Crippen LogP contribution in [0.25, 0.3) is 0 Å². The zero-order chi connectivity index (χ0) is 17.0.